The van der Waals surface area contributed by atoms with Crippen molar-refractivity contribution in [2.45, 2.75) is 44.0 Å². The van der Waals surface area contributed by atoms with Gasteiger partial charge in [-0.05, 0) is 42.5 Å². The molecule has 0 radical (unpaired) electrons. The van der Waals surface area contributed by atoms with Crippen molar-refractivity contribution in [1.29, 1.82) is 0 Å². The number of fused-ring (bicyclic) bond motifs is 1. The number of amides is 1. The van der Waals surface area contributed by atoms with E-state index in [4.69, 9.17) is 0 Å². The molecule has 2 heterocycles. The summed E-state index contributed by atoms with van der Waals surface area (Å²) in [6, 6.07) is 10.7. The van der Waals surface area contributed by atoms with Crippen molar-refractivity contribution < 1.29 is 13.2 Å². The molecule has 0 aliphatic carbocycles. The Morgan fingerprint density at radius 2 is 1.85 bits per heavy atom. The van der Waals surface area contributed by atoms with Crippen LogP contribution in [0.25, 0.3) is 0 Å². The zero-order valence-electron chi connectivity index (χ0n) is 15.2. The molecule has 0 bridgehead atoms. The number of benzene rings is 1. The van der Waals surface area contributed by atoms with Crippen LogP contribution in [-0.4, -0.2) is 31.8 Å². The van der Waals surface area contributed by atoms with Gasteiger partial charge in [-0.2, -0.15) is 4.72 Å². The van der Waals surface area contributed by atoms with E-state index in [0.29, 0.717) is 13.1 Å². The van der Waals surface area contributed by atoms with E-state index in [0.717, 1.165) is 16.9 Å². The molecule has 0 unspecified atom stereocenters. The van der Waals surface area contributed by atoms with E-state index in [-0.39, 0.29) is 16.0 Å². The molecule has 5 nitrogen and oxygen atoms in total. The maximum atomic E-state index is 13.1. The first-order valence-corrected chi connectivity index (χ1v) is 11.0. The van der Waals surface area contributed by atoms with Crippen LogP contribution in [0.15, 0.2) is 40.6 Å². The number of rotatable bonds is 5. The summed E-state index contributed by atoms with van der Waals surface area (Å²) in [4.78, 5) is 15.7. The molecule has 1 N–H and O–H groups in total. The van der Waals surface area contributed by atoms with Crippen LogP contribution in [0.4, 0.5) is 0 Å². The fraction of sp³-hybridized carbons (Fsp3) is 0.421. The number of nitrogens with zero attached hydrogens (tertiary/aromatic N) is 1. The summed E-state index contributed by atoms with van der Waals surface area (Å²) in [6.07, 6.45) is 0.795. The number of carbonyl (C=O) groups is 1. The second-order valence-corrected chi connectivity index (χ2v) is 10.2. The number of carbonyl (C=O) groups excluding carboxylic acids is 1. The van der Waals surface area contributed by atoms with Crippen molar-refractivity contribution in [2.75, 3.05) is 6.54 Å². The summed E-state index contributed by atoms with van der Waals surface area (Å²) >= 11 is 1.21. The average molecular weight is 393 g/mol. The van der Waals surface area contributed by atoms with E-state index < -0.39 is 16.1 Å². The van der Waals surface area contributed by atoms with Crippen molar-refractivity contribution in [3.05, 3.63) is 52.4 Å². The van der Waals surface area contributed by atoms with Gasteiger partial charge >= 0.3 is 0 Å². The highest BCUT2D eigenvalue weighted by molar-refractivity contribution is 7.91. The minimum Gasteiger partial charge on any atom is -0.337 e. The highest BCUT2D eigenvalue weighted by atomic mass is 32.2. The maximum Gasteiger partial charge on any atom is 0.250 e. The number of hydrogen-bond acceptors (Lipinski definition) is 4. The Labute approximate surface area is 159 Å². The lowest BCUT2D eigenvalue weighted by Crippen LogP contribution is -2.52. The van der Waals surface area contributed by atoms with Gasteiger partial charge in [-0.15, -0.1) is 11.3 Å². The third-order valence-corrected chi connectivity index (χ3v) is 7.57. The van der Waals surface area contributed by atoms with E-state index in [2.05, 4.69) is 10.8 Å². The lowest BCUT2D eigenvalue weighted by atomic mass is 9.97. The molecule has 1 amide bonds. The fourth-order valence-corrected chi connectivity index (χ4v) is 5.77. The van der Waals surface area contributed by atoms with Crippen LogP contribution in [0.2, 0.25) is 0 Å². The number of hydrogen-bond donors (Lipinski definition) is 1. The Bertz CT molecular complexity index is 903. The van der Waals surface area contributed by atoms with Gasteiger partial charge in [0.15, 0.2) is 0 Å². The molecule has 1 aliphatic heterocycles. The number of thiophene rings is 1. The number of nitrogens with one attached hydrogen (secondary N) is 1. The van der Waals surface area contributed by atoms with Crippen LogP contribution >= 0.6 is 11.3 Å². The largest absolute Gasteiger partial charge is 0.337 e. The molecule has 0 spiro atoms. The fourth-order valence-electron chi connectivity index (χ4n) is 3.13. The van der Waals surface area contributed by atoms with E-state index in [9.17, 15) is 13.2 Å². The van der Waals surface area contributed by atoms with Gasteiger partial charge in [-0.3, -0.25) is 4.79 Å². The SMILES string of the molecule is Cc1ccc(S(=O)(=O)N[C@H](C(=O)N2CCc3ccccc3C2)C(C)C)s1. The molecule has 26 heavy (non-hydrogen) atoms. The smallest absolute Gasteiger partial charge is 0.250 e. The number of sulfonamides is 1. The summed E-state index contributed by atoms with van der Waals surface area (Å²) < 4.78 is 28.2. The minimum atomic E-state index is -3.71. The summed E-state index contributed by atoms with van der Waals surface area (Å²) in [5.74, 6) is -0.304. The molecule has 3 rings (SSSR count). The molecule has 1 aromatic carbocycles. The second kappa shape index (κ2) is 7.50. The molecule has 1 aliphatic rings. The monoisotopic (exact) mass is 392 g/mol. The summed E-state index contributed by atoms with van der Waals surface area (Å²) in [6.45, 7) is 6.72. The van der Waals surface area contributed by atoms with Gasteiger partial charge in [0, 0.05) is 18.0 Å². The van der Waals surface area contributed by atoms with E-state index in [1.54, 1.807) is 17.0 Å². The van der Waals surface area contributed by atoms with E-state index in [1.807, 2.05) is 39.0 Å². The van der Waals surface area contributed by atoms with Crippen LogP contribution in [0.3, 0.4) is 0 Å². The van der Waals surface area contributed by atoms with Crippen molar-refractivity contribution >= 4 is 27.3 Å². The third kappa shape index (κ3) is 4.00. The van der Waals surface area contributed by atoms with Gasteiger partial charge in [0.05, 0.1) is 0 Å². The topological polar surface area (TPSA) is 66.5 Å². The first kappa shape index (κ1) is 19.1. The molecule has 2 aromatic rings. The summed E-state index contributed by atoms with van der Waals surface area (Å²) in [5, 5.41) is 0. The molecule has 1 atom stereocenters. The molecular formula is C19H24N2O3S2. The molecular weight excluding hydrogens is 368 g/mol. The predicted molar refractivity (Wildman–Crippen MR) is 104 cm³/mol. The normalized spacial score (nSPS) is 15.8. The van der Waals surface area contributed by atoms with Gasteiger partial charge in [-0.1, -0.05) is 38.1 Å². The van der Waals surface area contributed by atoms with Gasteiger partial charge in [0.1, 0.15) is 10.3 Å². The number of aryl methyl sites for hydroxylation is 1. The van der Waals surface area contributed by atoms with Gasteiger partial charge in [0.25, 0.3) is 10.0 Å². The first-order chi connectivity index (χ1) is 12.3. The highest BCUT2D eigenvalue weighted by Gasteiger charge is 2.33. The summed E-state index contributed by atoms with van der Waals surface area (Å²) in [5.41, 5.74) is 2.39. The van der Waals surface area contributed by atoms with Crippen molar-refractivity contribution in [3.63, 3.8) is 0 Å². The zero-order chi connectivity index (χ0) is 18.9. The Morgan fingerprint density at radius 3 is 2.46 bits per heavy atom. The van der Waals surface area contributed by atoms with Crippen molar-refractivity contribution in [3.8, 4) is 0 Å². The average Bonchev–Trinajstić information content (AvgIpc) is 3.06. The van der Waals surface area contributed by atoms with Crippen LogP contribution in [0, 0.1) is 12.8 Å². The summed E-state index contributed by atoms with van der Waals surface area (Å²) in [7, 11) is -3.71. The second-order valence-electron chi connectivity index (χ2n) is 6.99. The molecule has 1 aromatic heterocycles. The molecule has 0 saturated heterocycles. The molecule has 0 saturated carbocycles. The maximum absolute atomic E-state index is 13.1. The van der Waals surface area contributed by atoms with Gasteiger partial charge in [-0.25, -0.2) is 8.42 Å². The molecule has 140 valence electrons. The van der Waals surface area contributed by atoms with E-state index >= 15 is 0 Å². The first-order valence-electron chi connectivity index (χ1n) is 8.72. The molecule has 7 heteroatoms. The van der Waals surface area contributed by atoms with Crippen LogP contribution in [-0.2, 0) is 27.8 Å². The van der Waals surface area contributed by atoms with Crippen LogP contribution in [0.1, 0.15) is 29.9 Å². The Hall–Kier alpha value is -1.70. The minimum absolute atomic E-state index is 0.143. The third-order valence-electron chi connectivity index (χ3n) is 4.64. The Morgan fingerprint density at radius 1 is 1.15 bits per heavy atom. The zero-order valence-corrected chi connectivity index (χ0v) is 16.9. The van der Waals surface area contributed by atoms with Crippen LogP contribution in [0.5, 0.6) is 0 Å². The highest BCUT2D eigenvalue weighted by Crippen LogP contribution is 2.23. The van der Waals surface area contributed by atoms with E-state index in [1.165, 1.54) is 16.9 Å². The predicted octanol–water partition coefficient (Wildman–Crippen LogP) is 2.94. The standard InChI is InChI=1S/C19H24N2O3S2/c1-13(2)18(20-26(23,24)17-9-8-14(3)25-17)19(22)21-11-10-15-6-4-5-7-16(15)12-21/h4-9,13,18,20H,10-12H2,1-3H3/t18-/m0/s1. The van der Waals surface area contributed by atoms with Crippen molar-refractivity contribution in [1.82, 2.24) is 9.62 Å². The lowest BCUT2D eigenvalue weighted by Gasteiger charge is -2.33. The quantitative estimate of drug-likeness (QED) is 0.851. The van der Waals surface area contributed by atoms with Crippen molar-refractivity contribution in [2.24, 2.45) is 5.92 Å². The van der Waals surface area contributed by atoms with Crippen LogP contribution < -0.4 is 4.72 Å². The lowest BCUT2D eigenvalue weighted by molar-refractivity contribution is -0.135. The van der Waals surface area contributed by atoms with Gasteiger partial charge in [0.2, 0.25) is 5.91 Å². The Balaban J connectivity index is 1.79. The van der Waals surface area contributed by atoms with Gasteiger partial charge < -0.3 is 4.90 Å². The Kier molecular flexibility index (Phi) is 5.50. The molecule has 0 fully saturated rings.